The number of hydrogen-bond donors (Lipinski definition) is 0. The van der Waals surface area contributed by atoms with Gasteiger partial charge in [0.25, 0.3) is 11.0 Å². The second-order valence-corrected chi connectivity index (χ2v) is 15.7. The van der Waals surface area contributed by atoms with Crippen molar-refractivity contribution in [2.24, 2.45) is 0 Å². The van der Waals surface area contributed by atoms with Crippen LogP contribution in [0.2, 0.25) is 5.02 Å². The number of fused-ring (bicyclic) bond motifs is 2. The highest BCUT2D eigenvalue weighted by atomic mass is 35.5. The summed E-state index contributed by atoms with van der Waals surface area (Å²) >= 11 is 5.92. The van der Waals surface area contributed by atoms with E-state index in [0.29, 0.717) is 75.3 Å². The van der Waals surface area contributed by atoms with E-state index in [1.54, 1.807) is 36.4 Å². The van der Waals surface area contributed by atoms with Crippen molar-refractivity contribution >= 4 is 29.2 Å². The van der Waals surface area contributed by atoms with Crippen molar-refractivity contribution in [3.05, 3.63) is 133 Å². The Morgan fingerprint density at radius 1 is 0.951 bits per heavy atom. The predicted molar refractivity (Wildman–Crippen MR) is 221 cm³/mol. The molecule has 1 aromatic heterocycles. The number of carbonyl (C=O) groups excluding carboxylic acids is 2. The Labute approximate surface area is 357 Å². The first-order valence-electron chi connectivity index (χ1n) is 20.3. The van der Waals surface area contributed by atoms with Gasteiger partial charge in [-0.1, -0.05) is 48.0 Å². The van der Waals surface area contributed by atoms with Crippen LogP contribution in [0.5, 0.6) is 17.4 Å². The molecule has 0 spiro atoms. The number of aryl methyl sites for hydroxylation is 1. The number of ether oxygens (including phenoxy) is 4. The summed E-state index contributed by atoms with van der Waals surface area (Å²) in [4.78, 5) is 52.6. The van der Waals surface area contributed by atoms with Crippen molar-refractivity contribution in [2.45, 2.75) is 89.6 Å². The number of nitrogens with zero attached hydrogens (tertiary/aromatic N) is 4. The molecule has 7 rings (SSSR count). The molecule has 1 aliphatic carbocycles. The Bertz CT molecular complexity index is 2270. The number of carbonyl (C=O) groups is 2. The molecule has 2 atom stereocenters. The fourth-order valence-electron chi connectivity index (χ4n) is 8.01. The molecule has 2 fully saturated rings. The van der Waals surface area contributed by atoms with E-state index in [0.717, 1.165) is 52.8 Å². The molecule has 322 valence electrons. The summed E-state index contributed by atoms with van der Waals surface area (Å²) in [7, 11) is 1.64. The average Bonchev–Trinajstić information content (AvgIpc) is 4.05. The summed E-state index contributed by atoms with van der Waals surface area (Å²) in [5, 5.41) is 9.50. The number of methoxy groups -OCH3 is 1. The monoisotopic (exact) mass is 860 g/mol. The van der Waals surface area contributed by atoms with Gasteiger partial charge in [-0.3, -0.25) is 9.69 Å². The number of rotatable bonds is 19. The first-order chi connectivity index (χ1) is 29.5. The molecule has 0 N–H and O–H groups in total. The number of amides is 2. The summed E-state index contributed by atoms with van der Waals surface area (Å²) < 4.78 is 50.6. The smallest absolute Gasteiger partial charge is 0.416 e. The number of hydrogen-bond acceptors (Lipinski definition) is 10. The third-order valence-electron chi connectivity index (χ3n) is 11.2. The molecule has 13 nitrogen and oxygen atoms in total. The van der Waals surface area contributed by atoms with Gasteiger partial charge in [0, 0.05) is 56.1 Å². The van der Waals surface area contributed by atoms with Gasteiger partial charge in [0.2, 0.25) is 5.88 Å². The van der Waals surface area contributed by atoms with Crippen LogP contribution in [0.4, 0.5) is 13.6 Å². The van der Waals surface area contributed by atoms with Gasteiger partial charge in [0.1, 0.15) is 23.2 Å². The second kappa shape index (κ2) is 19.7. The van der Waals surface area contributed by atoms with E-state index < -0.39 is 33.9 Å². The highest BCUT2D eigenvalue weighted by Gasteiger charge is 2.49. The molecule has 2 amide bonds. The zero-order valence-electron chi connectivity index (χ0n) is 33.9. The zero-order valence-corrected chi connectivity index (χ0v) is 34.7. The van der Waals surface area contributed by atoms with E-state index in [1.165, 1.54) is 6.07 Å². The molecule has 2 aliphatic heterocycles. The van der Waals surface area contributed by atoms with Crippen LogP contribution in [0, 0.1) is 28.7 Å². The van der Waals surface area contributed by atoms with Crippen LogP contribution in [-0.2, 0) is 33.9 Å². The normalized spacial score (nSPS) is 17.0. The minimum Gasteiger partial charge on any atom is -0.489 e. The Hall–Kier alpha value is -5.80. The molecule has 3 aliphatic rings. The van der Waals surface area contributed by atoms with Crippen molar-refractivity contribution in [3.8, 4) is 17.4 Å². The van der Waals surface area contributed by atoms with E-state index in [4.69, 9.17) is 30.5 Å². The molecular formula is C45H47ClF2N4O9. The first-order valence-corrected chi connectivity index (χ1v) is 20.7. The fraction of sp³-hybridized carbons (Fsp3) is 0.400. The molecule has 1 saturated carbocycles. The van der Waals surface area contributed by atoms with Gasteiger partial charge < -0.3 is 28.7 Å². The van der Waals surface area contributed by atoms with E-state index in [2.05, 4.69) is 9.82 Å². The fourth-order valence-corrected chi connectivity index (χ4v) is 8.22. The minimum atomic E-state index is -0.884. The van der Waals surface area contributed by atoms with Gasteiger partial charge in [0.15, 0.2) is 11.6 Å². The van der Waals surface area contributed by atoms with E-state index in [-0.39, 0.29) is 42.7 Å². The van der Waals surface area contributed by atoms with Crippen LogP contribution >= 0.6 is 11.6 Å². The van der Waals surface area contributed by atoms with Crippen LogP contribution in [0.15, 0.2) is 78.5 Å². The van der Waals surface area contributed by atoms with Crippen molar-refractivity contribution < 1.29 is 47.2 Å². The topological polar surface area (TPSA) is 143 Å². The Morgan fingerprint density at radius 2 is 1.72 bits per heavy atom. The Balaban J connectivity index is 1.15. The molecular weight excluding hydrogens is 814 g/mol. The third kappa shape index (κ3) is 10.4. The van der Waals surface area contributed by atoms with E-state index in [1.807, 2.05) is 42.2 Å². The number of aromatic nitrogens is 1. The molecule has 3 aromatic carbocycles. The molecule has 2 bridgehead atoms. The van der Waals surface area contributed by atoms with Gasteiger partial charge in [-0.2, -0.15) is 0 Å². The summed E-state index contributed by atoms with van der Waals surface area (Å²) in [6, 6.07) is 17.3. The summed E-state index contributed by atoms with van der Waals surface area (Å²) in [6.07, 6.45) is 6.21. The average molecular weight is 861 g/mol. The van der Waals surface area contributed by atoms with Gasteiger partial charge in [-0.15, -0.1) is 10.1 Å². The molecule has 0 radical (unpaired) electrons. The van der Waals surface area contributed by atoms with Gasteiger partial charge in [-0.25, -0.2) is 18.6 Å². The summed E-state index contributed by atoms with van der Waals surface area (Å²) in [6.45, 7) is 3.08. The maximum atomic E-state index is 15.2. The maximum absolute atomic E-state index is 15.2. The standard InChI is InChI=1S/C45H47ClF2N4O9/c1-28-32(19-20-49-43(28)59-23-5-21-57-2)26-50(33-13-14-33)44(53)40-36(31-11-9-29(10-12-31)7-4-22-58-42-38(48)17-16-37(47)41(42)46)25-34-15-18-39(40)51(34)45(54)61-35-8-3-6-30(24-35)27-60-52(55)56/h3,6,8-12,16-17,19-20,24,33-34,39H,4-5,7,13-15,18,21-23,25-27H2,1-2H3. The lowest BCUT2D eigenvalue weighted by molar-refractivity contribution is -0.763. The summed E-state index contributed by atoms with van der Waals surface area (Å²) in [5.74, 6) is -1.25. The van der Waals surface area contributed by atoms with Crippen molar-refractivity contribution in [3.63, 3.8) is 0 Å². The van der Waals surface area contributed by atoms with Gasteiger partial charge in [0.05, 0.1) is 19.3 Å². The van der Waals surface area contributed by atoms with Crippen molar-refractivity contribution in [1.29, 1.82) is 0 Å². The molecule has 4 aromatic rings. The van der Waals surface area contributed by atoms with Crippen LogP contribution in [0.25, 0.3) is 5.57 Å². The summed E-state index contributed by atoms with van der Waals surface area (Å²) in [5.41, 5.74) is 5.47. The van der Waals surface area contributed by atoms with Crippen molar-refractivity contribution in [2.75, 3.05) is 26.9 Å². The number of halogens is 3. The third-order valence-corrected chi connectivity index (χ3v) is 11.6. The highest BCUT2D eigenvalue weighted by molar-refractivity contribution is 6.32. The van der Waals surface area contributed by atoms with Crippen LogP contribution in [0.1, 0.15) is 72.8 Å². The zero-order chi connectivity index (χ0) is 43.0. The van der Waals surface area contributed by atoms with E-state index >= 15 is 4.79 Å². The predicted octanol–water partition coefficient (Wildman–Crippen LogP) is 8.84. The lowest BCUT2D eigenvalue weighted by Gasteiger charge is -2.38. The molecule has 61 heavy (non-hydrogen) atoms. The molecule has 16 heteroatoms. The van der Waals surface area contributed by atoms with Crippen LogP contribution in [-0.4, -0.2) is 76.9 Å². The highest BCUT2D eigenvalue weighted by Crippen LogP contribution is 2.45. The minimum absolute atomic E-state index is 0.0175. The lowest BCUT2D eigenvalue weighted by atomic mass is 9.87. The SMILES string of the molecule is COCCCOc1nccc(CN(C(=O)C2=C(c3ccc(CCCOc4c(F)ccc(F)c4Cl)cc3)CC3CCC2N3C(=O)Oc2cccc(CO[N+](=O)[O-])c2)C2CC2)c1C. The Kier molecular flexibility index (Phi) is 14.0. The molecule has 3 heterocycles. The van der Waals surface area contributed by atoms with Crippen LogP contribution in [0.3, 0.4) is 0 Å². The quantitative estimate of drug-likeness (QED) is 0.0389. The second-order valence-electron chi connectivity index (χ2n) is 15.3. The lowest BCUT2D eigenvalue weighted by Crippen LogP contribution is -2.50. The maximum Gasteiger partial charge on any atom is 0.416 e. The van der Waals surface area contributed by atoms with E-state index in [9.17, 15) is 23.7 Å². The number of pyridine rings is 1. The largest absolute Gasteiger partial charge is 0.489 e. The molecule has 1 saturated heterocycles. The van der Waals surface area contributed by atoms with Crippen molar-refractivity contribution in [1.82, 2.24) is 14.8 Å². The Morgan fingerprint density at radius 3 is 2.48 bits per heavy atom. The van der Waals surface area contributed by atoms with Crippen LogP contribution < -0.4 is 14.2 Å². The van der Waals surface area contributed by atoms with Gasteiger partial charge >= 0.3 is 6.09 Å². The number of benzene rings is 3. The molecule has 2 unspecified atom stereocenters. The van der Waals surface area contributed by atoms with Gasteiger partial charge in [-0.05, 0) is 110 Å². The first kappa shape index (κ1) is 43.3.